The number of nitrogen functional groups attached to an aromatic ring is 1. The molecule has 3 N–H and O–H groups in total. The van der Waals surface area contributed by atoms with Gasteiger partial charge in [0.2, 0.25) is 15.7 Å². The molecule has 0 fully saturated rings. The van der Waals surface area contributed by atoms with Crippen molar-refractivity contribution >= 4 is 39.0 Å². The molecule has 31 heavy (non-hydrogen) atoms. The molecule has 0 bridgehead atoms. The zero-order valence-corrected chi connectivity index (χ0v) is 19.4. The summed E-state index contributed by atoms with van der Waals surface area (Å²) in [5.74, 6) is -0.296. The third-order valence-corrected chi connectivity index (χ3v) is 7.45. The fourth-order valence-electron chi connectivity index (χ4n) is 3.03. The van der Waals surface area contributed by atoms with Crippen LogP contribution in [0.15, 0.2) is 57.5 Å². The minimum absolute atomic E-state index is 0.0653. The molecule has 162 valence electrons. The molecule has 0 spiro atoms. The highest BCUT2D eigenvalue weighted by atomic mass is 32.2. The van der Waals surface area contributed by atoms with Crippen LogP contribution in [0.25, 0.3) is 0 Å². The van der Waals surface area contributed by atoms with Crippen molar-refractivity contribution in [1.29, 1.82) is 0 Å². The highest BCUT2D eigenvalue weighted by molar-refractivity contribution is 7.99. The van der Waals surface area contributed by atoms with E-state index >= 15 is 0 Å². The van der Waals surface area contributed by atoms with E-state index in [1.54, 1.807) is 19.1 Å². The first-order valence-electron chi connectivity index (χ1n) is 9.52. The lowest BCUT2D eigenvalue weighted by molar-refractivity contribution is -0.113. The fourth-order valence-corrected chi connectivity index (χ4v) is 5.23. The molecule has 0 aliphatic carbocycles. The third kappa shape index (κ3) is 5.23. The van der Waals surface area contributed by atoms with Crippen LogP contribution in [0.3, 0.4) is 0 Å². The molecule has 0 aliphatic heterocycles. The van der Waals surface area contributed by atoms with Crippen molar-refractivity contribution in [2.45, 2.75) is 42.6 Å². The zero-order valence-electron chi connectivity index (χ0n) is 17.8. The van der Waals surface area contributed by atoms with E-state index < -0.39 is 9.84 Å². The number of nitrogens with zero attached hydrogens (tertiary/aromatic N) is 2. The maximum Gasteiger partial charge on any atom is 0.234 e. The first kappa shape index (κ1) is 22.8. The lowest BCUT2D eigenvalue weighted by atomic mass is 10.1. The summed E-state index contributed by atoms with van der Waals surface area (Å²) in [5.41, 5.74) is 10.2. The Balaban J connectivity index is 1.73. The molecule has 1 aromatic heterocycles. The normalized spacial score (nSPS) is 11.4. The first-order valence-corrected chi connectivity index (χ1v) is 12.0. The van der Waals surface area contributed by atoms with Gasteiger partial charge in [0.1, 0.15) is 10.7 Å². The van der Waals surface area contributed by atoms with Crippen LogP contribution >= 0.6 is 11.8 Å². The van der Waals surface area contributed by atoms with Crippen LogP contribution in [0, 0.1) is 27.7 Å². The van der Waals surface area contributed by atoms with Gasteiger partial charge >= 0.3 is 0 Å². The molecule has 0 saturated heterocycles. The van der Waals surface area contributed by atoms with Crippen molar-refractivity contribution in [2.24, 2.45) is 0 Å². The number of amides is 1. The largest absolute Gasteiger partial charge is 0.382 e. The maximum atomic E-state index is 13.0. The number of sulfone groups is 1. The van der Waals surface area contributed by atoms with E-state index in [-0.39, 0.29) is 32.4 Å². The van der Waals surface area contributed by atoms with E-state index in [9.17, 15) is 13.2 Å². The van der Waals surface area contributed by atoms with Gasteiger partial charge in [-0.15, -0.1) is 0 Å². The molecule has 9 heteroatoms. The van der Waals surface area contributed by atoms with Crippen LogP contribution in [-0.4, -0.2) is 30.0 Å². The molecule has 0 atom stereocenters. The van der Waals surface area contributed by atoms with Gasteiger partial charge in [-0.3, -0.25) is 4.79 Å². The summed E-state index contributed by atoms with van der Waals surface area (Å²) >= 11 is 1.08. The number of benzene rings is 2. The lowest BCUT2D eigenvalue weighted by Crippen LogP contribution is -2.15. The quantitative estimate of drug-likeness (QED) is 0.427. The summed E-state index contributed by atoms with van der Waals surface area (Å²) in [6, 6.07) is 11.0. The monoisotopic (exact) mass is 456 g/mol. The van der Waals surface area contributed by atoms with Gasteiger partial charge in [-0.1, -0.05) is 41.6 Å². The number of carbonyl (C=O) groups is 1. The van der Waals surface area contributed by atoms with Crippen LogP contribution in [0.4, 0.5) is 11.5 Å². The van der Waals surface area contributed by atoms with E-state index in [0.29, 0.717) is 5.56 Å². The Bertz CT molecular complexity index is 1260. The topological polar surface area (TPSA) is 115 Å². The van der Waals surface area contributed by atoms with Crippen molar-refractivity contribution in [2.75, 3.05) is 16.8 Å². The Morgan fingerprint density at radius 2 is 1.68 bits per heavy atom. The number of carbonyl (C=O) groups excluding carboxylic acids is 1. The van der Waals surface area contributed by atoms with Gasteiger partial charge in [-0.25, -0.2) is 18.4 Å². The standard InChI is InChI=1S/C22H24N4O3S2/c1-13-6-8-17(16(4)9-13)25-20(27)12-30-22-24-11-19(21(23)26-22)31(28,29)18-10-14(2)5-7-15(18)3/h5-11H,12H2,1-4H3,(H,25,27)(H2,23,24,26). The van der Waals surface area contributed by atoms with Crippen LogP contribution in [0.2, 0.25) is 0 Å². The van der Waals surface area contributed by atoms with Crippen molar-refractivity contribution < 1.29 is 13.2 Å². The lowest BCUT2D eigenvalue weighted by Gasteiger charge is -2.11. The molecule has 1 amide bonds. The summed E-state index contributed by atoms with van der Waals surface area (Å²) in [6.07, 6.45) is 1.20. The number of hydrogen-bond donors (Lipinski definition) is 2. The maximum absolute atomic E-state index is 13.0. The predicted octanol–water partition coefficient (Wildman–Crippen LogP) is 3.86. The Kier molecular flexibility index (Phi) is 6.66. The molecule has 0 radical (unpaired) electrons. The molecule has 0 saturated carbocycles. The number of nitrogens with one attached hydrogen (secondary N) is 1. The number of thioether (sulfide) groups is 1. The third-order valence-electron chi connectivity index (χ3n) is 4.67. The van der Waals surface area contributed by atoms with Gasteiger partial charge in [0.25, 0.3) is 0 Å². The highest BCUT2D eigenvalue weighted by Gasteiger charge is 2.24. The highest BCUT2D eigenvalue weighted by Crippen LogP contribution is 2.28. The van der Waals surface area contributed by atoms with Crippen molar-refractivity contribution in [1.82, 2.24) is 9.97 Å². The molecular formula is C22H24N4O3S2. The molecule has 2 aromatic carbocycles. The van der Waals surface area contributed by atoms with E-state index in [2.05, 4.69) is 15.3 Å². The summed E-state index contributed by atoms with van der Waals surface area (Å²) in [5, 5.41) is 3.08. The molecule has 1 heterocycles. The number of aromatic nitrogens is 2. The summed E-state index contributed by atoms with van der Waals surface area (Å²) in [4.78, 5) is 20.5. The molecule has 7 nitrogen and oxygen atoms in total. The number of nitrogens with two attached hydrogens (primary N) is 1. The Labute approximate surface area is 186 Å². The van der Waals surface area contributed by atoms with E-state index in [1.807, 2.05) is 45.0 Å². The Hall–Kier alpha value is -2.91. The second-order valence-corrected chi connectivity index (χ2v) is 10.2. The average Bonchev–Trinajstić information content (AvgIpc) is 2.70. The van der Waals surface area contributed by atoms with Crippen molar-refractivity contribution in [3.8, 4) is 0 Å². The summed E-state index contributed by atoms with van der Waals surface area (Å²) < 4.78 is 26.1. The Morgan fingerprint density at radius 3 is 2.35 bits per heavy atom. The summed E-state index contributed by atoms with van der Waals surface area (Å²) in [6.45, 7) is 7.46. The molecular weight excluding hydrogens is 432 g/mol. The second kappa shape index (κ2) is 9.07. The molecule has 0 unspecified atom stereocenters. The van der Waals surface area contributed by atoms with E-state index in [1.165, 1.54) is 6.20 Å². The SMILES string of the molecule is Cc1ccc(NC(=O)CSc2ncc(S(=O)(=O)c3cc(C)ccc3C)c(N)n2)c(C)c1. The van der Waals surface area contributed by atoms with Crippen LogP contribution in [-0.2, 0) is 14.6 Å². The van der Waals surface area contributed by atoms with Gasteiger partial charge in [0, 0.05) is 5.69 Å². The zero-order chi connectivity index (χ0) is 22.8. The number of hydrogen-bond acceptors (Lipinski definition) is 7. The van der Waals surface area contributed by atoms with Gasteiger partial charge < -0.3 is 11.1 Å². The van der Waals surface area contributed by atoms with Crippen LogP contribution in [0.5, 0.6) is 0 Å². The molecule has 0 aliphatic rings. The van der Waals surface area contributed by atoms with Gasteiger partial charge in [-0.05, 0) is 56.5 Å². The number of rotatable bonds is 6. The van der Waals surface area contributed by atoms with Crippen molar-refractivity contribution in [3.63, 3.8) is 0 Å². The van der Waals surface area contributed by atoms with Crippen molar-refractivity contribution in [3.05, 3.63) is 64.8 Å². The van der Waals surface area contributed by atoms with Crippen LogP contribution in [0.1, 0.15) is 22.3 Å². The Morgan fingerprint density at radius 1 is 1.00 bits per heavy atom. The summed E-state index contributed by atoms with van der Waals surface area (Å²) in [7, 11) is -3.86. The van der Waals surface area contributed by atoms with E-state index in [4.69, 9.17) is 5.73 Å². The predicted molar refractivity (Wildman–Crippen MR) is 123 cm³/mol. The van der Waals surface area contributed by atoms with E-state index in [0.717, 1.165) is 34.1 Å². The van der Waals surface area contributed by atoms with Gasteiger partial charge in [0.05, 0.1) is 16.8 Å². The second-order valence-electron chi connectivity index (χ2n) is 7.33. The minimum Gasteiger partial charge on any atom is -0.382 e. The average molecular weight is 457 g/mol. The molecule has 3 rings (SSSR count). The first-order chi connectivity index (χ1) is 14.6. The van der Waals surface area contributed by atoms with Gasteiger partial charge in [0.15, 0.2) is 5.16 Å². The smallest absolute Gasteiger partial charge is 0.234 e. The number of aryl methyl sites for hydroxylation is 4. The fraction of sp³-hybridized carbons (Fsp3) is 0.227. The number of anilines is 2. The minimum atomic E-state index is -3.86. The van der Waals surface area contributed by atoms with Gasteiger partial charge in [-0.2, -0.15) is 0 Å². The molecule has 3 aromatic rings. The van der Waals surface area contributed by atoms with Crippen LogP contribution < -0.4 is 11.1 Å².